The van der Waals surface area contributed by atoms with Crippen LogP contribution < -0.4 is 5.73 Å². The van der Waals surface area contributed by atoms with Crippen molar-refractivity contribution in [3.8, 4) is 0 Å². The SMILES string of the molecule is CC(C)c1c(CN)sc2c(Cl)cccc12. The van der Waals surface area contributed by atoms with E-state index in [0.29, 0.717) is 12.5 Å². The second kappa shape index (κ2) is 4.12. The van der Waals surface area contributed by atoms with Crippen LogP contribution in [0.4, 0.5) is 0 Å². The number of benzene rings is 1. The van der Waals surface area contributed by atoms with Crippen molar-refractivity contribution in [2.45, 2.75) is 26.3 Å². The number of hydrogen-bond acceptors (Lipinski definition) is 2. The molecule has 0 bridgehead atoms. The molecular weight excluding hydrogens is 226 g/mol. The minimum atomic E-state index is 0.496. The maximum absolute atomic E-state index is 6.17. The van der Waals surface area contributed by atoms with E-state index in [2.05, 4.69) is 19.9 Å². The van der Waals surface area contributed by atoms with Gasteiger partial charge in [0.05, 0.1) is 9.72 Å². The maximum Gasteiger partial charge on any atom is 0.0584 e. The molecule has 1 aromatic heterocycles. The summed E-state index contributed by atoms with van der Waals surface area (Å²) >= 11 is 7.90. The molecule has 2 aromatic rings. The largest absolute Gasteiger partial charge is 0.326 e. The first kappa shape index (κ1) is 10.9. The molecule has 3 heteroatoms. The van der Waals surface area contributed by atoms with Crippen LogP contribution in [0.1, 0.15) is 30.2 Å². The summed E-state index contributed by atoms with van der Waals surface area (Å²) in [6.07, 6.45) is 0. The van der Waals surface area contributed by atoms with Gasteiger partial charge in [-0.05, 0) is 22.9 Å². The molecule has 0 atom stereocenters. The smallest absolute Gasteiger partial charge is 0.0584 e. The average Bonchev–Trinajstić information content (AvgIpc) is 2.57. The molecular formula is C12H14ClNS. The minimum absolute atomic E-state index is 0.496. The molecule has 0 amide bonds. The van der Waals surface area contributed by atoms with Gasteiger partial charge in [-0.15, -0.1) is 11.3 Å². The lowest BCUT2D eigenvalue weighted by Crippen LogP contribution is -1.98. The molecule has 2 N–H and O–H groups in total. The van der Waals surface area contributed by atoms with Gasteiger partial charge in [-0.3, -0.25) is 0 Å². The summed E-state index contributed by atoms with van der Waals surface area (Å²) in [5, 5.41) is 2.10. The van der Waals surface area contributed by atoms with Crippen LogP contribution in [0.25, 0.3) is 10.1 Å². The van der Waals surface area contributed by atoms with Gasteiger partial charge in [0.2, 0.25) is 0 Å². The molecule has 0 unspecified atom stereocenters. The highest BCUT2D eigenvalue weighted by atomic mass is 35.5. The minimum Gasteiger partial charge on any atom is -0.326 e. The van der Waals surface area contributed by atoms with Crippen molar-refractivity contribution < 1.29 is 0 Å². The fourth-order valence-corrected chi connectivity index (χ4v) is 3.47. The summed E-state index contributed by atoms with van der Waals surface area (Å²) in [4.78, 5) is 1.26. The maximum atomic E-state index is 6.17. The lowest BCUT2D eigenvalue weighted by molar-refractivity contribution is 0.860. The van der Waals surface area contributed by atoms with Crippen molar-refractivity contribution in [3.63, 3.8) is 0 Å². The van der Waals surface area contributed by atoms with Gasteiger partial charge in [0.15, 0.2) is 0 Å². The Morgan fingerprint density at radius 2 is 2.13 bits per heavy atom. The molecule has 0 aliphatic rings. The Hall–Kier alpha value is -0.570. The summed E-state index contributed by atoms with van der Waals surface area (Å²) in [6.45, 7) is 4.99. The Morgan fingerprint density at radius 1 is 1.40 bits per heavy atom. The van der Waals surface area contributed by atoms with E-state index < -0.39 is 0 Å². The first-order chi connectivity index (χ1) is 7.15. The third-order valence-electron chi connectivity index (χ3n) is 2.55. The van der Waals surface area contributed by atoms with Crippen LogP contribution in [-0.4, -0.2) is 0 Å². The van der Waals surface area contributed by atoms with E-state index in [1.165, 1.54) is 20.5 Å². The molecule has 1 heterocycles. The third-order valence-corrected chi connectivity index (χ3v) is 4.25. The van der Waals surface area contributed by atoms with Crippen LogP contribution in [0.15, 0.2) is 18.2 Å². The molecule has 0 aliphatic carbocycles. The van der Waals surface area contributed by atoms with Gasteiger partial charge in [-0.25, -0.2) is 0 Å². The number of thiophene rings is 1. The molecule has 80 valence electrons. The number of hydrogen-bond donors (Lipinski definition) is 1. The van der Waals surface area contributed by atoms with Crippen molar-refractivity contribution in [1.29, 1.82) is 0 Å². The summed E-state index contributed by atoms with van der Waals surface area (Å²) in [5.74, 6) is 0.496. The Balaban J connectivity index is 2.80. The van der Waals surface area contributed by atoms with Gasteiger partial charge in [-0.2, -0.15) is 0 Å². The first-order valence-electron chi connectivity index (χ1n) is 5.05. The summed E-state index contributed by atoms with van der Waals surface area (Å²) < 4.78 is 1.17. The van der Waals surface area contributed by atoms with Gasteiger partial charge in [0, 0.05) is 11.4 Å². The molecule has 1 nitrogen and oxygen atoms in total. The van der Waals surface area contributed by atoms with Crippen LogP contribution in [0, 0.1) is 0 Å². The van der Waals surface area contributed by atoms with E-state index in [0.717, 1.165) is 5.02 Å². The zero-order valence-corrected chi connectivity index (χ0v) is 10.5. The number of fused-ring (bicyclic) bond motifs is 1. The average molecular weight is 240 g/mol. The van der Waals surface area contributed by atoms with E-state index in [4.69, 9.17) is 17.3 Å². The Labute approximate surface area is 98.9 Å². The van der Waals surface area contributed by atoms with Gasteiger partial charge in [0.25, 0.3) is 0 Å². The van der Waals surface area contributed by atoms with E-state index in [1.807, 2.05) is 12.1 Å². The summed E-state index contributed by atoms with van der Waals surface area (Å²) in [5.41, 5.74) is 7.13. The summed E-state index contributed by atoms with van der Waals surface area (Å²) in [6, 6.07) is 6.07. The standard InChI is InChI=1S/C12H14ClNS/c1-7(2)11-8-4-3-5-9(13)12(8)15-10(11)6-14/h3-5,7H,6,14H2,1-2H3. The molecule has 1 aromatic carbocycles. The number of rotatable bonds is 2. The lowest BCUT2D eigenvalue weighted by atomic mass is 9.99. The van der Waals surface area contributed by atoms with Crippen LogP contribution in [0.3, 0.4) is 0 Å². The van der Waals surface area contributed by atoms with Crippen LogP contribution >= 0.6 is 22.9 Å². The second-order valence-corrected chi connectivity index (χ2v) is 5.43. The van der Waals surface area contributed by atoms with Crippen LogP contribution in [0.2, 0.25) is 5.02 Å². The topological polar surface area (TPSA) is 26.0 Å². The molecule has 0 saturated carbocycles. The van der Waals surface area contributed by atoms with E-state index >= 15 is 0 Å². The highest BCUT2D eigenvalue weighted by Gasteiger charge is 2.15. The fraction of sp³-hybridized carbons (Fsp3) is 0.333. The number of nitrogens with two attached hydrogens (primary N) is 1. The van der Waals surface area contributed by atoms with E-state index in [-0.39, 0.29) is 0 Å². The van der Waals surface area contributed by atoms with Gasteiger partial charge < -0.3 is 5.73 Å². The van der Waals surface area contributed by atoms with Gasteiger partial charge in [-0.1, -0.05) is 37.6 Å². The van der Waals surface area contributed by atoms with Crippen LogP contribution in [-0.2, 0) is 6.54 Å². The Kier molecular flexibility index (Phi) is 3.01. The van der Waals surface area contributed by atoms with E-state index in [1.54, 1.807) is 11.3 Å². The predicted molar refractivity (Wildman–Crippen MR) is 68.8 cm³/mol. The highest BCUT2D eigenvalue weighted by molar-refractivity contribution is 7.20. The molecule has 0 aliphatic heterocycles. The monoisotopic (exact) mass is 239 g/mol. The van der Waals surface area contributed by atoms with Crippen molar-refractivity contribution in [2.24, 2.45) is 5.73 Å². The fourth-order valence-electron chi connectivity index (χ4n) is 1.94. The molecule has 2 rings (SSSR count). The van der Waals surface area contributed by atoms with E-state index in [9.17, 15) is 0 Å². The molecule has 15 heavy (non-hydrogen) atoms. The zero-order chi connectivity index (χ0) is 11.0. The third kappa shape index (κ3) is 1.78. The normalized spacial score (nSPS) is 11.5. The van der Waals surface area contributed by atoms with Gasteiger partial charge in [0.1, 0.15) is 0 Å². The molecule has 0 radical (unpaired) electrons. The predicted octanol–water partition coefficient (Wildman–Crippen LogP) is 4.14. The quantitative estimate of drug-likeness (QED) is 0.838. The zero-order valence-electron chi connectivity index (χ0n) is 8.88. The first-order valence-corrected chi connectivity index (χ1v) is 6.24. The summed E-state index contributed by atoms with van der Waals surface area (Å²) in [7, 11) is 0. The Morgan fingerprint density at radius 3 is 2.73 bits per heavy atom. The highest BCUT2D eigenvalue weighted by Crippen LogP contribution is 2.39. The van der Waals surface area contributed by atoms with Crippen LogP contribution in [0.5, 0.6) is 0 Å². The lowest BCUT2D eigenvalue weighted by Gasteiger charge is -2.06. The van der Waals surface area contributed by atoms with Crippen molar-refractivity contribution >= 4 is 33.0 Å². The molecule has 0 spiro atoms. The number of halogens is 1. The Bertz CT molecular complexity index is 488. The van der Waals surface area contributed by atoms with Crippen molar-refractivity contribution in [2.75, 3.05) is 0 Å². The molecule has 0 saturated heterocycles. The van der Waals surface area contributed by atoms with Crippen molar-refractivity contribution in [1.82, 2.24) is 0 Å². The van der Waals surface area contributed by atoms with Crippen molar-refractivity contribution in [3.05, 3.63) is 33.7 Å². The van der Waals surface area contributed by atoms with Gasteiger partial charge >= 0.3 is 0 Å². The second-order valence-electron chi connectivity index (χ2n) is 3.91. The molecule has 0 fully saturated rings.